The summed E-state index contributed by atoms with van der Waals surface area (Å²) in [7, 11) is 0. The summed E-state index contributed by atoms with van der Waals surface area (Å²) in [4.78, 5) is 0. The van der Waals surface area contributed by atoms with Gasteiger partial charge in [-0.05, 0) is 54.1 Å². The third kappa shape index (κ3) is 1.75. The van der Waals surface area contributed by atoms with E-state index in [1.165, 1.54) is 19.2 Å². The van der Waals surface area contributed by atoms with Crippen LogP contribution in [0.5, 0.6) is 5.75 Å². The molecule has 1 aromatic carbocycles. The van der Waals surface area contributed by atoms with Crippen LogP contribution in [0, 0.1) is 10.5 Å². The van der Waals surface area contributed by atoms with E-state index >= 15 is 0 Å². The highest BCUT2D eigenvalue weighted by molar-refractivity contribution is 14.1. The molecule has 2 aromatic rings. The molecule has 0 saturated carbocycles. The van der Waals surface area contributed by atoms with Crippen LogP contribution in [0.1, 0.15) is 12.5 Å². The van der Waals surface area contributed by atoms with Crippen LogP contribution in [0.2, 0.25) is 0 Å². The largest absolute Gasteiger partial charge is 0.492 e. The number of thiophene rings is 1. The summed E-state index contributed by atoms with van der Waals surface area (Å²) >= 11 is 4.11. The number of rotatable bonds is 2. The van der Waals surface area contributed by atoms with E-state index < -0.39 is 0 Å². The predicted octanol–water partition coefficient (Wildman–Crippen LogP) is 4.21. The highest BCUT2D eigenvalue weighted by Gasteiger charge is 2.06. The van der Waals surface area contributed by atoms with Crippen molar-refractivity contribution in [1.82, 2.24) is 0 Å². The van der Waals surface area contributed by atoms with Gasteiger partial charge < -0.3 is 4.74 Å². The molecule has 0 amide bonds. The Morgan fingerprint density at radius 1 is 1.43 bits per heavy atom. The van der Waals surface area contributed by atoms with Crippen molar-refractivity contribution in [2.45, 2.75) is 13.8 Å². The summed E-state index contributed by atoms with van der Waals surface area (Å²) in [6, 6.07) is 4.43. The Bertz CT molecular complexity index is 462. The molecule has 1 nitrogen and oxygen atoms in total. The van der Waals surface area contributed by atoms with Crippen molar-refractivity contribution in [3.05, 3.63) is 26.6 Å². The Hall–Kier alpha value is -0.290. The average molecular weight is 318 g/mol. The Balaban J connectivity index is 2.61. The van der Waals surface area contributed by atoms with E-state index in [1.54, 1.807) is 11.3 Å². The second kappa shape index (κ2) is 4.06. The lowest BCUT2D eigenvalue weighted by Crippen LogP contribution is -1.89. The van der Waals surface area contributed by atoms with Gasteiger partial charge in [-0.3, -0.25) is 0 Å². The third-order valence-electron chi connectivity index (χ3n) is 2.12. The summed E-state index contributed by atoms with van der Waals surface area (Å²) in [6.07, 6.45) is 0. The van der Waals surface area contributed by atoms with Gasteiger partial charge in [0.05, 0.1) is 6.61 Å². The van der Waals surface area contributed by atoms with Crippen LogP contribution >= 0.6 is 33.9 Å². The Kier molecular flexibility index (Phi) is 2.97. The van der Waals surface area contributed by atoms with Gasteiger partial charge in [-0.15, -0.1) is 11.3 Å². The maximum Gasteiger partial charge on any atom is 0.137 e. The SMILES string of the molecule is CCOc1csc2cc(C)c(I)cc12. The lowest BCUT2D eigenvalue weighted by atomic mass is 10.2. The molecular weight excluding hydrogens is 307 g/mol. The van der Waals surface area contributed by atoms with Gasteiger partial charge in [0, 0.05) is 19.0 Å². The monoisotopic (exact) mass is 318 g/mol. The fraction of sp³-hybridized carbons (Fsp3) is 0.273. The quantitative estimate of drug-likeness (QED) is 0.754. The molecule has 0 N–H and O–H groups in total. The Morgan fingerprint density at radius 3 is 2.93 bits per heavy atom. The maximum absolute atomic E-state index is 5.56. The number of benzene rings is 1. The zero-order valence-corrected chi connectivity index (χ0v) is 11.1. The molecule has 0 atom stereocenters. The molecule has 0 bridgehead atoms. The van der Waals surface area contributed by atoms with Gasteiger partial charge in [-0.2, -0.15) is 0 Å². The third-order valence-corrected chi connectivity index (χ3v) is 4.20. The van der Waals surface area contributed by atoms with Gasteiger partial charge in [-0.25, -0.2) is 0 Å². The predicted molar refractivity (Wildman–Crippen MR) is 70.4 cm³/mol. The van der Waals surface area contributed by atoms with Gasteiger partial charge in [0.1, 0.15) is 5.75 Å². The van der Waals surface area contributed by atoms with Crippen molar-refractivity contribution < 1.29 is 4.74 Å². The number of hydrogen-bond donors (Lipinski definition) is 0. The van der Waals surface area contributed by atoms with Gasteiger partial charge >= 0.3 is 0 Å². The van der Waals surface area contributed by atoms with Crippen LogP contribution in [-0.2, 0) is 0 Å². The second-order valence-electron chi connectivity index (χ2n) is 3.13. The van der Waals surface area contributed by atoms with Gasteiger partial charge in [0.2, 0.25) is 0 Å². The van der Waals surface area contributed by atoms with Crippen molar-refractivity contribution in [3.63, 3.8) is 0 Å². The molecule has 0 saturated heterocycles. The minimum atomic E-state index is 0.732. The van der Waals surface area contributed by atoms with Crippen molar-refractivity contribution >= 4 is 44.0 Å². The number of halogens is 1. The zero-order chi connectivity index (χ0) is 10.1. The normalized spacial score (nSPS) is 10.8. The lowest BCUT2D eigenvalue weighted by molar-refractivity contribution is 0.345. The summed E-state index contributed by atoms with van der Waals surface area (Å²) < 4.78 is 8.17. The molecule has 0 aliphatic rings. The maximum atomic E-state index is 5.56. The first-order valence-corrected chi connectivity index (χ1v) is 6.48. The molecule has 1 aromatic heterocycles. The average Bonchev–Trinajstić information content (AvgIpc) is 2.51. The summed E-state index contributed by atoms with van der Waals surface area (Å²) in [5, 5.41) is 3.33. The van der Waals surface area contributed by atoms with E-state index in [-0.39, 0.29) is 0 Å². The van der Waals surface area contributed by atoms with Crippen LogP contribution in [0.3, 0.4) is 0 Å². The molecule has 0 aliphatic heterocycles. The molecule has 0 spiro atoms. The summed E-state index contributed by atoms with van der Waals surface area (Å²) in [6.45, 7) is 4.89. The van der Waals surface area contributed by atoms with Gasteiger partial charge in [0.15, 0.2) is 0 Å². The van der Waals surface area contributed by atoms with Crippen LogP contribution in [0.25, 0.3) is 10.1 Å². The van der Waals surface area contributed by atoms with E-state index in [0.717, 1.165) is 12.4 Å². The molecule has 0 fully saturated rings. The number of ether oxygens (including phenoxy) is 1. The molecule has 3 heteroatoms. The standard InChI is InChI=1S/C11H11IOS/c1-3-13-10-6-14-11-4-7(2)9(12)5-8(10)11/h4-6H,3H2,1-2H3. The van der Waals surface area contributed by atoms with Crippen LogP contribution < -0.4 is 4.74 Å². The highest BCUT2D eigenvalue weighted by atomic mass is 127. The van der Waals surface area contributed by atoms with Crippen molar-refractivity contribution in [2.75, 3.05) is 6.61 Å². The molecule has 1 heterocycles. The van der Waals surface area contributed by atoms with Gasteiger partial charge in [-0.1, -0.05) is 0 Å². The minimum Gasteiger partial charge on any atom is -0.492 e. The van der Waals surface area contributed by atoms with E-state index in [1.807, 2.05) is 6.92 Å². The molecule has 14 heavy (non-hydrogen) atoms. The first-order chi connectivity index (χ1) is 6.72. The van der Waals surface area contributed by atoms with E-state index in [0.29, 0.717) is 0 Å². The fourth-order valence-electron chi connectivity index (χ4n) is 1.39. The minimum absolute atomic E-state index is 0.732. The van der Waals surface area contributed by atoms with Crippen molar-refractivity contribution in [3.8, 4) is 5.75 Å². The molecular formula is C11H11IOS. The number of hydrogen-bond acceptors (Lipinski definition) is 2. The van der Waals surface area contributed by atoms with E-state index in [4.69, 9.17) is 4.74 Å². The topological polar surface area (TPSA) is 9.23 Å². The van der Waals surface area contributed by atoms with Crippen LogP contribution in [0.15, 0.2) is 17.5 Å². The van der Waals surface area contributed by atoms with E-state index in [2.05, 4.69) is 47.0 Å². The zero-order valence-electron chi connectivity index (χ0n) is 8.13. The first kappa shape index (κ1) is 10.2. The van der Waals surface area contributed by atoms with E-state index in [9.17, 15) is 0 Å². The molecule has 74 valence electrons. The number of fused-ring (bicyclic) bond motifs is 1. The highest BCUT2D eigenvalue weighted by Crippen LogP contribution is 2.34. The van der Waals surface area contributed by atoms with Crippen LogP contribution in [-0.4, -0.2) is 6.61 Å². The fourth-order valence-corrected chi connectivity index (χ4v) is 2.82. The smallest absolute Gasteiger partial charge is 0.137 e. The number of aryl methyl sites for hydroxylation is 1. The molecule has 0 aliphatic carbocycles. The Labute approximate surface area is 101 Å². The molecule has 2 rings (SSSR count). The summed E-state index contributed by atoms with van der Waals surface area (Å²) in [5.41, 5.74) is 1.34. The Morgan fingerprint density at radius 2 is 2.21 bits per heavy atom. The van der Waals surface area contributed by atoms with Gasteiger partial charge in [0.25, 0.3) is 0 Å². The summed E-state index contributed by atoms with van der Waals surface area (Å²) in [5.74, 6) is 1.02. The molecule has 0 radical (unpaired) electrons. The first-order valence-electron chi connectivity index (χ1n) is 4.52. The second-order valence-corrected chi connectivity index (χ2v) is 5.20. The van der Waals surface area contributed by atoms with Crippen molar-refractivity contribution in [1.29, 1.82) is 0 Å². The molecule has 0 unspecified atom stereocenters. The van der Waals surface area contributed by atoms with Crippen LogP contribution in [0.4, 0.5) is 0 Å². The lowest BCUT2D eigenvalue weighted by Gasteiger charge is -2.02. The van der Waals surface area contributed by atoms with Crippen molar-refractivity contribution in [2.24, 2.45) is 0 Å².